The number of fused-ring (bicyclic) bond motifs is 1. The maximum Gasteiger partial charge on any atom is 0.412 e. The second-order valence-corrected chi connectivity index (χ2v) is 7.67. The van der Waals surface area contributed by atoms with Crippen LogP contribution in [0.5, 0.6) is 0 Å². The van der Waals surface area contributed by atoms with Gasteiger partial charge in [-0.1, -0.05) is 6.07 Å². The largest absolute Gasteiger partial charge is 0.444 e. The molecule has 0 unspecified atom stereocenters. The Morgan fingerprint density at radius 1 is 1.11 bits per heavy atom. The second kappa shape index (κ2) is 7.34. The lowest BCUT2D eigenvalue weighted by Gasteiger charge is -2.20. The van der Waals surface area contributed by atoms with Gasteiger partial charge in [0, 0.05) is 24.1 Å². The van der Waals surface area contributed by atoms with Gasteiger partial charge in [0.15, 0.2) is 0 Å². The molecule has 1 amide bonds. The fourth-order valence-electron chi connectivity index (χ4n) is 2.70. The maximum absolute atomic E-state index is 12.3. The van der Waals surface area contributed by atoms with Crippen molar-refractivity contribution in [1.82, 2.24) is 9.55 Å². The second-order valence-electron chi connectivity index (χ2n) is 7.67. The van der Waals surface area contributed by atoms with E-state index >= 15 is 0 Å². The van der Waals surface area contributed by atoms with Gasteiger partial charge < -0.3 is 14.6 Å². The van der Waals surface area contributed by atoms with Crippen LogP contribution in [-0.2, 0) is 11.8 Å². The Kier molecular flexibility index (Phi) is 5.09. The molecule has 0 radical (unpaired) electrons. The SMILES string of the molecule is Cc1ccc(NC(=O)OC(C)(C)C)cc1Nc1ccc2ncn(C)c(=O)c2c1. The number of aromatic nitrogens is 2. The van der Waals surface area contributed by atoms with Crippen molar-refractivity contribution < 1.29 is 9.53 Å². The van der Waals surface area contributed by atoms with Crippen LogP contribution < -0.4 is 16.2 Å². The van der Waals surface area contributed by atoms with E-state index in [1.165, 1.54) is 10.9 Å². The van der Waals surface area contributed by atoms with Crippen LogP contribution in [0.3, 0.4) is 0 Å². The molecule has 0 spiro atoms. The van der Waals surface area contributed by atoms with Gasteiger partial charge in [-0.3, -0.25) is 10.1 Å². The summed E-state index contributed by atoms with van der Waals surface area (Å²) in [5, 5.41) is 6.58. The molecule has 0 fully saturated rings. The smallest absolute Gasteiger partial charge is 0.412 e. The lowest BCUT2D eigenvalue weighted by atomic mass is 10.1. The van der Waals surface area contributed by atoms with Gasteiger partial charge in [0.2, 0.25) is 0 Å². The first kappa shape index (κ1) is 19.4. The van der Waals surface area contributed by atoms with E-state index in [0.717, 1.165) is 16.9 Å². The quantitative estimate of drug-likeness (QED) is 0.706. The molecule has 2 N–H and O–H groups in total. The summed E-state index contributed by atoms with van der Waals surface area (Å²) in [6.07, 6.45) is 0.996. The molecule has 1 aromatic heterocycles. The van der Waals surface area contributed by atoms with Crippen molar-refractivity contribution in [2.75, 3.05) is 10.6 Å². The zero-order valence-corrected chi connectivity index (χ0v) is 16.7. The van der Waals surface area contributed by atoms with Crippen LogP contribution in [0.2, 0.25) is 0 Å². The summed E-state index contributed by atoms with van der Waals surface area (Å²) in [6.45, 7) is 7.40. The number of benzene rings is 2. The number of carbonyl (C=O) groups is 1. The molecule has 0 bridgehead atoms. The van der Waals surface area contributed by atoms with Crippen LogP contribution in [-0.4, -0.2) is 21.2 Å². The van der Waals surface area contributed by atoms with Gasteiger partial charge in [-0.25, -0.2) is 9.78 Å². The van der Waals surface area contributed by atoms with E-state index in [-0.39, 0.29) is 5.56 Å². The number of nitrogens with zero attached hydrogens (tertiary/aromatic N) is 2. The fraction of sp³-hybridized carbons (Fsp3) is 0.286. The first-order valence-corrected chi connectivity index (χ1v) is 8.95. The van der Waals surface area contributed by atoms with Gasteiger partial charge in [0.25, 0.3) is 5.56 Å². The van der Waals surface area contributed by atoms with E-state index in [1.807, 2.05) is 52.0 Å². The topological polar surface area (TPSA) is 85.2 Å². The van der Waals surface area contributed by atoms with Crippen molar-refractivity contribution >= 4 is 34.1 Å². The molecule has 0 atom stereocenters. The molecule has 146 valence electrons. The minimum absolute atomic E-state index is 0.106. The average molecular weight is 380 g/mol. The van der Waals surface area contributed by atoms with E-state index in [9.17, 15) is 9.59 Å². The maximum atomic E-state index is 12.3. The first-order chi connectivity index (χ1) is 13.1. The van der Waals surface area contributed by atoms with E-state index in [1.54, 1.807) is 19.2 Å². The van der Waals surface area contributed by atoms with Gasteiger partial charge in [0.05, 0.1) is 17.2 Å². The summed E-state index contributed by atoms with van der Waals surface area (Å²) in [6, 6.07) is 11.0. The number of amides is 1. The number of hydrogen-bond acceptors (Lipinski definition) is 5. The van der Waals surface area contributed by atoms with Crippen molar-refractivity contribution in [2.45, 2.75) is 33.3 Å². The minimum Gasteiger partial charge on any atom is -0.444 e. The normalized spacial score (nSPS) is 11.3. The molecule has 2 aromatic carbocycles. The summed E-state index contributed by atoms with van der Waals surface area (Å²) in [4.78, 5) is 28.6. The molecule has 7 nitrogen and oxygen atoms in total. The molecular weight excluding hydrogens is 356 g/mol. The van der Waals surface area contributed by atoms with Gasteiger partial charge >= 0.3 is 6.09 Å². The number of nitrogens with one attached hydrogen (secondary N) is 2. The predicted molar refractivity (Wildman–Crippen MR) is 111 cm³/mol. The molecule has 0 saturated heterocycles. The zero-order valence-electron chi connectivity index (χ0n) is 16.7. The number of aryl methyl sites for hydroxylation is 2. The third-order valence-electron chi connectivity index (χ3n) is 4.08. The number of hydrogen-bond donors (Lipinski definition) is 2. The molecule has 28 heavy (non-hydrogen) atoms. The highest BCUT2D eigenvalue weighted by molar-refractivity contribution is 5.87. The summed E-state index contributed by atoms with van der Waals surface area (Å²) < 4.78 is 6.74. The van der Waals surface area contributed by atoms with Gasteiger partial charge in [-0.05, 0) is 63.6 Å². The van der Waals surface area contributed by atoms with E-state index < -0.39 is 11.7 Å². The monoisotopic (exact) mass is 380 g/mol. The van der Waals surface area contributed by atoms with Crippen molar-refractivity contribution in [3.05, 3.63) is 58.6 Å². The van der Waals surface area contributed by atoms with Crippen molar-refractivity contribution in [1.29, 1.82) is 0 Å². The minimum atomic E-state index is -0.568. The van der Waals surface area contributed by atoms with Crippen LogP contribution in [0.4, 0.5) is 21.9 Å². The lowest BCUT2D eigenvalue weighted by Crippen LogP contribution is -2.27. The standard InChI is InChI=1S/C21H24N4O3/c1-13-6-7-15(24-20(27)28-21(2,3)4)11-18(13)23-14-8-9-17-16(10-14)19(26)25(5)12-22-17/h6-12,23H,1-5H3,(H,24,27). The Balaban J connectivity index is 1.86. The van der Waals surface area contributed by atoms with Crippen LogP contribution >= 0.6 is 0 Å². The molecule has 1 heterocycles. The number of carbonyl (C=O) groups excluding carboxylic acids is 1. The highest BCUT2D eigenvalue weighted by atomic mass is 16.6. The van der Waals surface area contributed by atoms with E-state index in [2.05, 4.69) is 15.6 Å². The number of anilines is 3. The third kappa shape index (κ3) is 4.49. The molecule has 7 heteroatoms. The molecule has 3 rings (SSSR count). The van der Waals surface area contributed by atoms with E-state index in [0.29, 0.717) is 16.6 Å². The number of ether oxygens (including phenoxy) is 1. The Labute approximate surface area is 163 Å². The molecule has 0 saturated carbocycles. The Bertz CT molecular complexity index is 1100. The molecule has 0 aliphatic carbocycles. The Morgan fingerprint density at radius 2 is 1.82 bits per heavy atom. The van der Waals surface area contributed by atoms with Crippen molar-refractivity contribution in [3.8, 4) is 0 Å². The van der Waals surface area contributed by atoms with Gasteiger partial charge in [0.1, 0.15) is 5.60 Å². The molecular formula is C21H24N4O3. The lowest BCUT2D eigenvalue weighted by molar-refractivity contribution is 0.0636. The Hall–Kier alpha value is -3.35. The van der Waals surface area contributed by atoms with Crippen LogP contribution in [0, 0.1) is 6.92 Å². The van der Waals surface area contributed by atoms with Gasteiger partial charge in [-0.2, -0.15) is 0 Å². The summed E-state index contributed by atoms with van der Waals surface area (Å²) in [5.74, 6) is 0. The van der Waals surface area contributed by atoms with Crippen molar-refractivity contribution in [3.63, 3.8) is 0 Å². The molecule has 0 aliphatic rings. The van der Waals surface area contributed by atoms with Crippen LogP contribution in [0.15, 0.2) is 47.5 Å². The zero-order chi connectivity index (χ0) is 20.5. The predicted octanol–water partition coefficient (Wildman–Crippen LogP) is 4.33. The van der Waals surface area contributed by atoms with Crippen LogP contribution in [0.25, 0.3) is 10.9 Å². The highest BCUT2D eigenvalue weighted by Gasteiger charge is 2.16. The third-order valence-corrected chi connectivity index (χ3v) is 4.08. The Morgan fingerprint density at radius 3 is 2.54 bits per heavy atom. The number of rotatable bonds is 3. The average Bonchev–Trinajstić information content (AvgIpc) is 2.60. The fourth-order valence-corrected chi connectivity index (χ4v) is 2.70. The van der Waals surface area contributed by atoms with Gasteiger partial charge in [-0.15, -0.1) is 0 Å². The molecule has 3 aromatic rings. The summed E-state index contributed by atoms with van der Waals surface area (Å²) >= 11 is 0. The van der Waals surface area contributed by atoms with E-state index in [4.69, 9.17) is 4.74 Å². The summed E-state index contributed by atoms with van der Waals surface area (Å²) in [5.41, 5.74) is 3.15. The first-order valence-electron chi connectivity index (χ1n) is 8.95. The van der Waals surface area contributed by atoms with Crippen LogP contribution in [0.1, 0.15) is 26.3 Å². The highest BCUT2D eigenvalue weighted by Crippen LogP contribution is 2.26. The summed E-state index contributed by atoms with van der Waals surface area (Å²) in [7, 11) is 1.67. The van der Waals surface area contributed by atoms with Crippen molar-refractivity contribution in [2.24, 2.45) is 7.05 Å². The molecule has 0 aliphatic heterocycles.